The Balaban J connectivity index is 1.57. The van der Waals surface area contributed by atoms with E-state index in [1.54, 1.807) is 11.8 Å². The normalized spacial score (nSPS) is 14.7. The standard InChI is InChI=1S/C12H12BrN3OS/c13-8-2-1-3-10(6-8)18-7-11-15-12(17-16-11)14-9-4-5-9/h1-3,6,9H,4-5,7H2,(H,14,15,16). The van der Waals surface area contributed by atoms with Gasteiger partial charge >= 0.3 is 6.01 Å². The molecule has 1 saturated carbocycles. The summed E-state index contributed by atoms with van der Waals surface area (Å²) in [6.07, 6.45) is 2.40. The third-order valence-electron chi connectivity index (χ3n) is 2.54. The van der Waals surface area contributed by atoms with Crippen molar-refractivity contribution in [1.82, 2.24) is 10.1 Å². The van der Waals surface area contributed by atoms with Crippen LogP contribution in [0.3, 0.4) is 0 Å². The van der Waals surface area contributed by atoms with Crippen LogP contribution in [-0.2, 0) is 5.75 Å². The van der Waals surface area contributed by atoms with Crippen LogP contribution in [-0.4, -0.2) is 16.2 Å². The second-order valence-electron chi connectivity index (χ2n) is 4.18. The van der Waals surface area contributed by atoms with Gasteiger partial charge in [0.05, 0.1) is 5.75 Å². The number of hydrogen-bond donors (Lipinski definition) is 1. The average molecular weight is 326 g/mol. The van der Waals surface area contributed by atoms with Crippen LogP contribution < -0.4 is 5.32 Å². The molecule has 0 bridgehead atoms. The molecule has 0 amide bonds. The van der Waals surface area contributed by atoms with Crippen molar-refractivity contribution >= 4 is 33.7 Å². The molecule has 1 heterocycles. The predicted molar refractivity (Wildman–Crippen MR) is 74.6 cm³/mol. The summed E-state index contributed by atoms with van der Waals surface area (Å²) in [7, 11) is 0. The lowest BCUT2D eigenvalue weighted by atomic mass is 10.4. The highest BCUT2D eigenvalue weighted by Gasteiger charge is 2.23. The number of nitrogens with zero attached hydrogens (tertiary/aromatic N) is 2. The molecule has 1 aliphatic carbocycles. The molecule has 4 nitrogen and oxygen atoms in total. The maximum atomic E-state index is 5.13. The second-order valence-corrected chi connectivity index (χ2v) is 6.14. The zero-order valence-corrected chi connectivity index (χ0v) is 12.0. The molecular weight excluding hydrogens is 314 g/mol. The second kappa shape index (κ2) is 5.32. The van der Waals surface area contributed by atoms with Gasteiger partial charge in [0.2, 0.25) is 0 Å². The van der Waals surface area contributed by atoms with Gasteiger partial charge in [-0.05, 0) is 31.0 Å². The molecule has 0 radical (unpaired) electrons. The Morgan fingerprint density at radius 2 is 2.33 bits per heavy atom. The van der Waals surface area contributed by atoms with Gasteiger partial charge < -0.3 is 9.84 Å². The number of hydrogen-bond acceptors (Lipinski definition) is 5. The van der Waals surface area contributed by atoms with Crippen LogP contribution >= 0.6 is 27.7 Å². The van der Waals surface area contributed by atoms with Crippen molar-refractivity contribution in [3.05, 3.63) is 34.6 Å². The highest BCUT2D eigenvalue weighted by Crippen LogP contribution is 2.26. The predicted octanol–water partition coefficient (Wildman–Crippen LogP) is 3.70. The van der Waals surface area contributed by atoms with E-state index in [4.69, 9.17) is 4.52 Å². The lowest BCUT2D eigenvalue weighted by Gasteiger charge is -1.98. The molecule has 0 unspecified atom stereocenters. The van der Waals surface area contributed by atoms with Gasteiger partial charge in [0.1, 0.15) is 0 Å². The molecule has 1 N–H and O–H groups in total. The van der Waals surface area contributed by atoms with Crippen LogP contribution in [0, 0.1) is 0 Å². The highest BCUT2D eigenvalue weighted by atomic mass is 79.9. The van der Waals surface area contributed by atoms with Gasteiger partial charge in [-0.15, -0.1) is 11.8 Å². The quantitative estimate of drug-likeness (QED) is 0.849. The zero-order valence-electron chi connectivity index (χ0n) is 9.60. The Bertz CT molecular complexity index is 542. The smallest absolute Gasteiger partial charge is 0.321 e. The number of aromatic nitrogens is 2. The van der Waals surface area contributed by atoms with Gasteiger partial charge in [-0.3, -0.25) is 0 Å². The number of nitrogens with one attached hydrogen (secondary N) is 1. The Labute approximate surface area is 118 Å². The summed E-state index contributed by atoms with van der Waals surface area (Å²) in [4.78, 5) is 5.49. The summed E-state index contributed by atoms with van der Waals surface area (Å²) in [5, 5.41) is 7.14. The third kappa shape index (κ3) is 3.26. The van der Waals surface area contributed by atoms with Gasteiger partial charge in [-0.2, -0.15) is 4.98 Å². The first-order valence-corrected chi connectivity index (χ1v) is 7.55. The minimum absolute atomic E-state index is 0.538. The summed E-state index contributed by atoms with van der Waals surface area (Å²) < 4.78 is 6.21. The molecular formula is C12H12BrN3OS. The molecule has 0 aliphatic heterocycles. The molecule has 0 spiro atoms. The lowest BCUT2D eigenvalue weighted by Crippen LogP contribution is -2.00. The topological polar surface area (TPSA) is 51.0 Å². The van der Waals surface area contributed by atoms with Crippen molar-refractivity contribution in [2.24, 2.45) is 0 Å². The van der Waals surface area contributed by atoms with Crippen molar-refractivity contribution < 1.29 is 4.52 Å². The Morgan fingerprint density at radius 3 is 3.11 bits per heavy atom. The van der Waals surface area contributed by atoms with E-state index in [1.807, 2.05) is 12.1 Å². The van der Waals surface area contributed by atoms with Gasteiger partial charge in [0.15, 0.2) is 5.82 Å². The van der Waals surface area contributed by atoms with E-state index in [2.05, 4.69) is 43.5 Å². The first-order chi connectivity index (χ1) is 8.79. The Hall–Kier alpha value is -1.01. The summed E-state index contributed by atoms with van der Waals surface area (Å²) in [6.45, 7) is 0. The largest absolute Gasteiger partial charge is 0.335 e. The minimum Gasteiger partial charge on any atom is -0.335 e. The molecule has 18 heavy (non-hydrogen) atoms. The monoisotopic (exact) mass is 325 g/mol. The van der Waals surface area contributed by atoms with Crippen molar-refractivity contribution in [2.45, 2.75) is 29.5 Å². The number of thioether (sulfide) groups is 1. The summed E-state index contributed by atoms with van der Waals surface area (Å²) in [6, 6.07) is 9.25. The van der Waals surface area contributed by atoms with Crippen LogP contribution in [0.25, 0.3) is 0 Å². The molecule has 1 aromatic carbocycles. The van der Waals surface area contributed by atoms with E-state index in [0.29, 0.717) is 17.8 Å². The first kappa shape index (κ1) is 12.0. The fourth-order valence-electron chi connectivity index (χ4n) is 1.48. The number of anilines is 1. The average Bonchev–Trinajstić information content (AvgIpc) is 3.05. The van der Waals surface area contributed by atoms with Crippen molar-refractivity contribution in [3.63, 3.8) is 0 Å². The maximum absolute atomic E-state index is 5.13. The molecule has 0 atom stereocenters. The fourth-order valence-corrected chi connectivity index (χ4v) is 2.83. The molecule has 1 aliphatic rings. The molecule has 0 saturated heterocycles. The van der Waals surface area contributed by atoms with Crippen molar-refractivity contribution in [1.29, 1.82) is 0 Å². The number of benzene rings is 1. The van der Waals surface area contributed by atoms with E-state index < -0.39 is 0 Å². The number of halogens is 1. The molecule has 6 heteroatoms. The summed E-state index contributed by atoms with van der Waals surface area (Å²) >= 11 is 5.15. The van der Waals surface area contributed by atoms with Crippen LogP contribution in [0.1, 0.15) is 18.7 Å². The SMILES string of the molecule is Brc1cccc(SCc2noc(NC3CC3)n2)c1. The van der Waals surface area contributed by atoms with E-state index in [-0.39, 0.29) is 0 Å². The number of rotatable bonds is 5. The van der Waals surface area contributed by atoms with Gasteiger partial charge in [-0.1, -0.05) is 27.2 Å². The molecule has 1 aromatic heterocycles. The van der Waals surface area contributed by atoms with E-state index in [1.165, 1.54) is 17.7 Å². The van der Waals surface area contributed by atoms with Crippen LogP contribution in [0.4, 0.5) is 6.01 Å². The van der Waals surface area contributed by atoms with E-state index in [0.717, 1.165) is 10.3 Å². The molecule has 1 fully saturated rings. The van der Waals surface area contributed by atoms with Crippen LogP contribution in [0.2, 0.25) is 0 Å². The van der Waals surface area contributed by atoms with Gasteiger partial charge in [0.25, 0.3) is 0 Å². The summed E-state index contributed by atoms with van der Waals surface area (Å²) in [5.74, 6) is 1.44. The van der Waals surface area contributed by atoms with Gasteiger partial charge in [-0.25, -0.2) is 0 Å². The van der Waals surface area contributed by atoms with E-state index >= 15 is 0 Å². The Kier molecular flexibility index (Phi) is 3.56. The summed E-state index contributed by atoms with van der Waals surface area (Å²) in [5.41, 5.74) is 0. The zero-order chi connectivity index (χ0) is 12.4. The maximum Gasteiger partial charge on any atom is 0.321 e. The van der Waals surface area contributed by atoms with Crippen molar-refractivity contribution in [3.8, 4) is 0 Å². The van der Waals surface area contributed by atoms with Crippen LogP contribution in [0.15, 0.2) is 38.2 Å². The molecule has 2 aromatic rings. The van der Waals surface area contributed by atoms with Crippen LogP contribution in [0.5, 0.6) is 0 Å². The molecule has 3 rings (SSSR count). The van der Waals surface area contributed by atoms with Gasteiger partial charge in [0, 0.05) is 15.4 Å². The lowest BCUT2D eigenvalue weighted by molar-refractivity contribution is 0.424. The van der Waals surface area contributed by atoms with E-state index in [9.17, 15) is 0 Å². The third-order valence-corrected chi connectivity index (χ3v) is 4.02. The Morgan fingerprint density at radius 1 is 1.44 bits per heavy atom. The first-order valence-electron chi connectivity index (χ1n) is 5.77. The fraction of sp³-hybridized carbons (Fsp3) is 0.333. The minimum atomic E-state index is 0.538. The molecule has 94 valence electrons. The van der Waals surface area contributed by atoms with Crippen molar-refractivity contribution in [2.75, 3.05) is 5.32 Å². The highest BCUT2D eigenvalue weighted by molar-refractivity contribution is 9.10.